The zero-order chi connectivity index (χ0) is 25.1. The average molecular weight is 499 g/mol. The maximum Gasteiger partial charge on any atom is 0.266 e. The number of nitrogens with one attached hydrogen (secondary N) is 1. The van der Waals surface area contributed by atoms with Crippen LogP contribution in [0, 0.1) is 0 Å². The fraction of sp³-hybridized carbons (Fsp3) is 0.214. The molecule has 1 aliphatic rings. The number of amides is 2. The number of aryl methyl sites for hydroxylation is 1. The van der Waals surface area contributed by atoms with Crippen LogP contribution in [0.1, 0.15) is 25.3 Å². The molecule has 1 aliphatic heterocycles. The number of thioether (sulfide) groups is 1. The molecule has 0 radical (unpaired) electrons. The lowest BCUT2D eigenvalue weighted by atomic mass is 10.1. The number of rotatable bonds is 7. The number of anilines is 2. The van der Waals surface area contributed by atoms with Gasteiger partial charge >= 0.3 is 0 Å². The number of carbonyl (C=O) groups is 2. The average Bonchev–Trinajstić information content (AvgIpc) is 3.34. The predicted molar refractivity (Wildman–Crippen MR) is 144 cm³/mol. The number of benzene rings is 3. The minimum Gasteiger partial charge on any atom is -0.325 e. The molecule has 182 valence electrons. The van der Waals surface area contributed by atoms with E-state index in [1.54, 1.807) is 27.7 Å². The molecule has 0 unspecified atom stereocenters. The first-order chi connectivity index (χ1) is 17.5. The maximum atomic E-state index is 13.4. The molecule has 1 aromatic heterocycles. The van der Waals surface area contributed by atoms with E-state index in [4.69, 9.17) is 4.98 Å². The fourth-order valence-electron chi connectivity index (χ4n) is 4.32. The van der Waals surface area contributed by atoms with Crippen molar-refractivity contribution in [2.45, 2.75) is 31.3 Å². The molecular weight excluding hydrogens is 472 g/mol. The molecule has 0 bridgehead atoms. The highest BCUT2D eigenvalue weighted by atomic mass is 32.2. The second-order valence-electron chi connectivity index (χ2n) is 8.61. The van der Waals surface area contributed by atoms with Crippen LogP contribution in [0.5, 0.6) is 0 Å². The molecule has 1 N–H and O–H groups in total. The van der Waals surface area contributed by atoms with E-state index in [2.05, 4.69) is 12.2 Å². The summed E-state index contributed by atoms with van der Waals surface area (Å²) in [6.07, 6.45) is 2.29. The Morgan fingerprint density at radius 2 is 1.81 bits per heavy atom. The third-order valence-electron chi connectivity index (χ3n) is 6.20. The topological polar surface area (TPSA) is 84.3 Å². The standard InChI is InChI=1S/C28H26N4O3S/c1-2-19-12-14-21(15-13-19)32-27(35)23-9-3-4-10-24(23)30-28(32)36-18-25(33)29-20-7-5-8-22(17-20)31-16-6-11-26(31)34/h3-5,7-10,12-15,17H,2,6,11,16,18H2,1H3,(H,29,33). The van der Waals surface area contributed by atoms with Gasteiger partial charge in [0.25, 0.3) is 5.56 Å². The Hall–Kier alpha value is -3.91. The molecular formula is C28H26N4O3S. The molecule has 1 fully saturated rings. The largest absolute Gasteiger partial charge is 0.325 e. The molecule has 0 spiro atoms. The molecule has 3 aromatic carbocycles. The number of carbonyl (C=O) groups excluding carboxylic acids is 2. The summed E-state index contributed by atoms with van der Waals surface area (Å²) in [6.45, 7) is 2.77. The number of aromatic nitrogens is 2. The molecule has 2 amide bonds. The molecule has 1 saturated heterocycles. The fourth-order valence-corrected chi connectivity index (χ4v) is 5.13. The van der Waals surface area contributed by atoms with Gasteiger partial charge < -0.3 is 10.2 Å². The Morgan fingerprint density at radius 3 is 2.56 bits per heavy atom. The number of para-hydroxylation sites is 1. The minimum atomic E-state index is -0.222. The van der Waals surface area contributed by atoms with Crippen LogP contribution < -0.4 is 15.8 Å². The molecule has 0 atom stereocenters. The lowest BCUT2D eigenvalue weighted by Gasteiger charge is -2.17. The van der Waals surface area contributed by atoms with Crippen molar-refractivity contribution in [3.63, 3.8) is 0 Å². The van der Waals surface area contributed by atoms with Gasteiger partial charge in [0.1, 0.15) is 0 Å². The number of fused-ring (bicyclic) bond motifs is 1. The lowest BCUT2D eigenvalue weighted by molar-refractivity contribution is -0.117. The molecule has 5 rings (SSSR count). The van der Waals surface area contributed by atoms with E-state index < -0.39 is 0 Å². The van der Waals surface area contributed by atoms with Gasteiger partial charge in [-0.25, -0.2) is 4.98 Å². The second-order valence-corrected chi connectivity index (χ2v) is 9.55. The molecule has 36 heavy (non-hydrogen) atoms. The highest BCUT2D eigenvalue weighted by Crippen LogP contribution is 2.25. The summed E-state index contributed by atoms with van der Waals surface area (Å²) < 4.78 is 1.57. The quantitative estimate of drug-likeness (QED) is 0.292. The molecule has 0 saturated carbocycles. The Balaban J connectivity index is 1.39. The van der Waals surface area contributed by atoms with Crippen LogP contribution in [0.3, 0.4) is 0 Å². The van der Waals surface area contributed by atoms with Crippen molar-refractivity contribution in [3.05, 3.63) is 88.7 Å². The monoisotopic (exact) mass is 498 g/mol. The van der Waals surface area contributed by atoms with E-state index >= 15 is 0 Å². The van der Waals surface area contributed by atoms with E-state index in [0.717, 1.165) is 18.5 Å². The van der Waals surface area contributed by atoms with E-state index in [1.807, 2.05) is 54.6 Å². The van der Waals surface area contributed by atoms with Crippen LogP contribution in [0.15, 0.2) is 82.7 Å². The SMILES string of the molecule is CCc1ccc(-n2c(SCC(=O)Nc3cccc(N4CCCC4=O)c3)nc3ccccc3c2=O)cc1. The van der Waals surface area contributed by atoms with Gasteiger partial charge in [-0.2, -0.15) is 0 Å². The highest BCUT2D eigenvalue weighted by Gasteiger charge is 2.22. The van der Waals surface area contributed by atoms with E-state index in [0.29, 0.717) is 40.4 Å². The zero-order valence-electron chi connectivity index (χ0n) is 19.9. The zero-order valence-corrected chi connectivity index (χ0v) is 20.8. The number of nitrogens with zero attached hydrogens (tertiary/aromatic N) is 3. The summed E-state index contributed by atoms with van der Waals surface area (Å²) in [7, 11) is 0. The minimum absolute atomic E-state index is 0.0741. The van der Waals surface area contributed by atoms with Gasteiger partial charge in [-0.15, -0.1) is 0 Å². The summed E-state index contributed by atoms with van der Waals surface area (Å²) in [5.41, 5.74) is 3.71. The van der Waals surface area contributed by atoms with Gasteiger partial charge in [-0.3, -0.25) is 19.0 Å². The smallest absolute Gasteiger partial charge is 0.266 e. The van der Waals surface area contributed by atoms with Crippen LogP contribution in [-0.4, -0.2) is 33.7 Å². The predicted octanol–water partition coefficient (Wildman–Crippen LogP) is 4.81. The third-order valence-corrected chi connectivity index (χ3v) is 7.13. The third kappa shape index (κ3) is 4.90. The van der Waals surface area contributed by atoms with Gasteiger partial charge in [-0.1, -0.05) is 49.0 Å². The Morgan fingerprint density at radius 1 is 1.00 bits per heavy atom. The van der Waals surface area contributed by atoms with Crippen LogP contribution in [-0.2, 0) is 16.0 Å². The Bertz CT molecular complexity index is 1500. The van der Waals surface area contributed by atoms with Crippen LogP contribution in [0.2, 0.25) is 0 Å². The molecule has 4 aromatic rings. The highest BCUT2D eigenvalue weighted by molar-refractivity contribution is 7.99. The van der Waals surface area contributed by atoms with Crippen LogP contribution in [0.4, 0.5) is 11.4 Å². The van der Waals surface area contributed by atoms with Crippen molar-refractivity contribution in [2.24, 2.45) is 0 Å². The molecule has 8 heteroatoms. The van der Waals surface area contributed by atoms with Gasteiger partial charge in [0.05, 0.1) is 22.3 Å². The van der Waals surface area contributed by atoms with Crippen molar-refractivity contribution in [1.29, 1.82) is 0 Å². The summed E-state index contributed by atoms with van der Waals surface area (Å²) in [5.74, 6) is -0.0495. The van der Waals surface area contributed by atoms with E-state index in [9.17, 15) is 14.4 Å². The van der Waals surface area contributed by atoms with Gasteiger partial charge in [-0.05, 0) is 60.9 Å². The normalized spacial score (nSPS) is 13.4. The Kier molecular flexibility index (Phi) is 6.86. The van der Waals surface area contributed by atoms with Crippen molar-refractivity contribution >= 4 is 45.9 Å². The first-order valence-electron chi connectivity index (χ1n) is 12.0. The summed E-state index contributed by atoms with van der Waals surface area (Å²) >= 11 is 1.21. The van der Waals surface area contributed by atoms with Crippen LogP contribution >= 0.6 is 11.8 Å². The van der Waals surface area contributed by atoms with E-state index in [1.165, 1.54) is 17.3 Å². The molecule has 0 aliphatic carbocycles. The van der Waals surface area contributed by atoms with Gasteiger partial charge in [0.2, 0.25) is 11.8 Å². The van der Waals surface area contributed by atoms with Gasteiger partial charge in [0.15, 0.2) is 5.16 Å². The van der Waals surface area contributed by atoms with Gasteiger partial charge in [0, 0.05) is 24.3 Å². The number of hydrogen-bond donors (Lipinski definition) is 1. The van der Waals surface area contributed by atoms with E-state index in [-0.39, 0.29) is 23.1 Å². The first kappa shape index (κ1) is 23.8. The maximum absolute atomic E-state index is 13.4. The second kappa shape index (κ2) is 10.4. The van der Waals surface area contributed by atoms with Crippen molar-refractivity contribution < 1.29 is 9.59 Å². The molecule has 7 nitrogen and oxygen atoms in total. The summed E-state index contributed by atoms with van der Waals surface area (Å²) in [5, 5.41) is 3.88. The summed E-state index contributed by atoms with van der Waals surface area (Å²) in [4.78, 5) is 44.8. The number of hydrogen-bond acceptors (Lipinski definition) is 5. The Labute approximate surface area is 213 Å². The first-order valence-corrected chi connectivity index (χ1v) is 13.0. The van der Waals surface area contributed by atoms with Crippen molar-refractivity contribution in [2.75, 3.05) is 22.5 Å². The van der Waals surface area contributed by atoms with Crippen LogP contribution in [0.25, 0.3) is 16.6 Å². The lowest BCUT2D eigenvalue weighted by Crippen LogP contribution is -2.24. The van der Waals surface area contributed by atoms with Crippen molar-refractivity contribution in [1.82, 2.24) is 9.55 Å². The molecule has 2 heterocycles. The summed E-state index contributed by atoms with van der Waals surface area (Å²) in [6, 6.07) is 22.3. The van der Waals surface area contributed by atoms with Crippen molar-refractivity contribution in [3.8, 4) is 5.69 Å².